The van der Waals surface area contributed by atoms with Crippen molar-refractivity contribution in [2.24, 2.45) is 0 Å². The average Bonchev–Trinajstić information content (AvgIpc) is 2.89. The van der Waals surface area contributed by atoms with Crippen molar-refractivity contribution in [2.45, 2.75) is 0 Å². The predicted octanol–water partition coefficient (Wildman–Crippen LogP) is 4.77. The summed E-state index contributed by atoms with van der Waals surface area (Å²) in [5.74, 6) is 2.72. The minimum atomic E-state index is 0.915. The highest BCUT2D eigenvalue weighted by Gasteiger charge is 2.11. The first-order valence-electron chi connectivity index (χ1n) is 6.94. The number of terminal acetylenes is 1. The van der Waals surface area contributed by atoms with Crippen LogP contribution in [-0.2, 0) is 0 Å². The highest BCUT2D eigenvalue weighted by atomic mass is 15.0. The van der Waals surface area contributed by atoms with Gasteiger partial charge in [-0.3, -0.25) is 0 Å². The van der Waals surface area contributed by atoms with Gasteiger partial charge in [-0.05, 0) is 36.4 Å². The van der Waals surface area contributed by atoms with Gasteiger partial charge in [-0.1, -0.05) is 42.3 Å². The fourth-order valence-corrected chi connectivity index (χ4v) is 2.92. The molecule has 0 N–H and O–H groups in total. The van der Waals surface area contributed by atoms with Gasteiger partial charge in [-0.25, -0.2) is 0 Å². The molecule has 98 valence electrons. The second-order valence-corrected chi connectivity index (χ2v) is 5.06. The van der Waals surface area contributed by atoms with Gasteiger partial charge in [-0.2, -0.15) is 0 Å². The Morgan fingerprint density at radius 2 is 1.43 bits per heavy atom. The number of benzene rings is 3. The molecule has 0 fully saturated rings. The third-order valence-corrected chi connectivity index (χ3v) is 3.85. The molecule has 0 aliphatic carbocycles. The van der Waals surface area contributed by atoms with Gasteiger partial charge in [0, 0.05) is 22.0 Å². The Bertz CT molecular complexity index is 985. The summed E-state index contributed by atoms with van der Waals surface area (Å²) in [5, 5.41) is 2.43. The van der Waals surface area contributed by atoms with Gasteiger partial charge in [0.15, 0.2) is 0 Å². The van der Waals surface area contributed by atoms with E-state index in [1.807, 2.05) is 12.1 Å². The van der Waals surface area contributed by atoms with Crippen LogP contribution in [0.2, 0.25) is 0 Å². The van der Waals surface area contributed by atoms with Crippen molar-refractivity contribution in [3.05, 3.63) is 78.4 Å². The van der Waals surface area contributed by atoms with Crippen molar-refractivity contribution < 1.29 is 0 Å². The van der Waals surface area contributed by atoms with Gasteiger partial charge in [0.25, 0.3) is 0 Å². The molecule has 1 aromatic heterocycles. The van der Waals surface area contributed by atoms with Crippen LogP contribution >= 0.6 is 0 Å². The fraction of sp³-hybridized carbons (Fsp3) is 0. The quantitative estimate of drug-likeness (QED) is 0.438. The van der Waals surface area contributed by atoms with Crippen LogP contribution in [0.3, 0.4) is 0 Å². The molecule has 3 aromatic carbocycles. The van der Waals surface area contributed by atoms with Gasteiger partial charge in [0.2, 0.25) is 0 Å². The highest BCUT2D eigenvalue weighted by Crippen LogP contribution is 2.32. The molecule has 0 aliphatic rings. The fourth-order valence-electron chi connectivity index (χ4n) is 2.92. The van der Waals surface area contributed by atoms with Crippen LogP contribution in [0.15, 0.2) is 72.8 Å². The zero-order valence-electron chi connectivity index (χ0n) is 11.5. The molecule has 0 aliphatic heterocycles. The summed E-state index contributed by atoms with van der Waals surface area (Å²) in [6.45, 7) is 0. The molecule has 4 rings (SSSR count). The third-order valence-electron chi connectivity index (χ3n) is 3.85. The first kappa shape index (κ1) is 11.8. The van der Waals surface area contributed by atoms with Crippen molar-refractivity contribution in [1.82, 2.24) is 4.57 Å². The number of fused-ring (bicyclic) bond motifs is 3. The lowest BCUT2D eigenvalue weighted by Crippen LogP contribution is -1.92. The number of hydrogen-bond donors (Lipinski definition) is 0. The largest absolute Gasteiger partial charge is 0.309 e. The van der Waals surface area contributed by atoms with Gasteiger partial charge in [0.05, 0.1) is 11.0 Å². The van der Waals surface area contributed by atoms with Crippen LogP contribution in [0, 0.1) is 12.3 Å². The molecule has 21 heavy (non-hydrogen) atoms. The molecule has 0 bridgehead atoms. The summed E-state index contributed by atoms with van der Waals surface area (Å²) >= 11 is 0. The molecule has 1 heteroatoms. The Balaban J connectivity index is 2.21. The van der Waals surface area contributed by atoms with E-state index >= 15 is 0 Å². The molecule has 0 amide bonds. The molecule has 0 saturated carbocycles. The summed E-state index contributed by atoms with van der Waals surface area (Å²) in [6, 6.07) is 25.1. The molecule has 1 nitrogen and oxygen atoms in total. The lowest BCUT2D eigenvalue weighted by Gasteiger charge is -2.07. The number of rotatable bonds is 1. The molecule has 4 aromatic rings. The predicted molar refractivity (Wildman–Crippen MR) is 88.7 cm³/mol. The van der Waals surface area contributed by atoms with E-state index in [1.54, 1.807) is 0 Å². The highest BCUT2D eigenvalue weighted by molar-refractivity contribution is 6.09. The SMILES string of the molecule is C#Cc1ccc2c(c1)c1ccccc1n2-c1ccccc1. The van der Waals surface area contributed by atoms with Crippen molar-refractivity contribution in [3.8, 4) is 18.0 Å². The van der Waals surface area contributed by atoms with Crippen LogP contribution in [-0.4, -0.2) is 4.57 Å². The number of nitrogens with zero attached hydrogens (tertiary/aromatic N) is 1. The number of aromatic nitrogens is 1. The van der Waals surface area contributed by atoms with Gasteiger partial charge in [0.1, 0.15) is 0 Å². The second kappa shape index (κ2) is 4.54. The molecule has 0 atom stereocenters. The van der Waals surface area contributed by atoms with E-state index in [4.69, 9.17) is 6.42 Å². The molecule has 1 heterocycles. The minimum absolute atomic E-state index is 0.915. The lowest BCUT2D eigenvalue weighted by molar-refractivity contribution is 1.18. The Kier molecular flexibility index (Phi) is 2.55. The van der Waals surface area contributed by atoms with E-state index in [0.717, 1.165) is 11.3 Å². The average molecular weight is 267 g/mol. The molecular formula is C20H13N. The van der Waals surface area contributed by atoms with Gasteiger partial charge >= 0.3 is 0 Å². The van der Waals surface area contributed by atoms with E-state index in [9.17, 15) is 0 Å². The van der Waals surface area contributed by atoms with Crippen molar-refractivity contribution in [3.63, 3.8) is 0 Å². The van der Waals surface area contributed by atoms with E-state index < -0.39 is 0 Å². The molecule has 0 saturated heterocycles. The summed E-state index contributed by atoms with van der Waals surface area (Å²) in [7, 11) is 0. The normalized spacial score (nSPS) is 10.8. The van der Waals surface area contributed by atoms with Crippen molar-refractivity contribution in [2.75, 3.05) is 0 Å². The van der Waals surface area contributed by atoms with Gasteiger partial charge in [-0.15, -0.1) is 6.42 Å². The minimum Gasteiger partial charge on any atom is -0.309 e. The summed E-state index contributed by atoms with van der Waals surface area (Å²) in [5.41, 5.74) is 4.46. The summed E-state index contributed by atoms with van der Waals surface area (Å²) in [6.07, 6.45) is 5.55. The Labute approximate surface area is 123 Å². The van der Waals surface area contributed by atoms with E-state index in [1.165, 1.54) is 21.8 Å². The zero-order valence-corrected chi connectivity index (χ0v) is 11.5. The first-order valence-corrected chi connectivity index (χ1v) is 6.94. The van der Waals surface area contributed by atoms with Crippen molar-refractivity contribution >= 4 is 21.8 Å². The smallest absolute Gasteiger partial charge is 0.0541 e. The van der Waals surface area contributed by atoms with E-state index in [0.29, 0.717) is 0 Å². The maximum Gasteiger partial charge on any atom is 0.0541 e. The third kappa shape index (κ3) is 1.74. The molecule has 0 spiro atoms. The number of para-hydroxylation sites is 2. The lowest BCUT2D eigenvalue weighted by atomic mass is 10.1. The van der Waals surface area contributed by atoms with E-state index in [-0.39, 0.29) is 0 Å². The van der Waals surface area contributed by atoms with E-state index in [2.05, 4.69) is 71.2 Å². The Hall–Kier alpha value is -2.98. The van der Waals surface area contributed by atoms with Crippen LogP contribution in [0.4, 0.5) is 0 Å². The van der Waals surface area contributed by atoms with Crippen LogP contribution in [0.1, 0.15) is 5.56 Å². The maximum absolute atomic E-state index is 5.55. The van der Waals surface area contributed by atoms with Gasteiger partial charge < -0.3 is 4.57 Å². The molecule has 0 unspecified atom stereocenters. The second-order valence-electron chi connectivity index (χ2n) is 5.06. The topological polar surface area (TPSA) is 4.93 Å². The van der Waals surface area contributed by atoms with Crippen molar-refractivity contribution in [1.29, 1.82) is 0 Å². The van der Waals surface area contributed by atoms with Crippen LogP contribution < -0.4 is 0 Å². The standard InChI is InChI=1S/C20H13N/c1-2-15-12-13-20-18(14-15)17-10-6-7-11-19(17)21(20)16-8-4-3-5-9-16/h1,3-14H. The monoisotopic (exact) mass is 267 g/mol. The number of hydrogen-bond acceptors (Lipinski definition) is 0. The molecular weight excluding hydrogens is 254 g/mol. The first-order chi connectivity index (χ1) is 10.4. The Morgan fingerprint density at radius 3 is 2.24 bits per heavy atom. The van der Waals surface area contributed by atoms with Crippen LogP contribution in [0.25, 0.3) is 27.5 Å². The zero-order chi connectivity index (χ0) is 14.2. The summed E-state index contributed by atoms with van der Waals surface area (Å²) in [4.78, 5) is 0. The molecule has 0 radical (unpaired) electrons. The summed E-state index contributed by atoms with van der Waals surface area (Å²) < 4.78 is 2.28. The van der Waals surface area contributed by atoms with Crippen LogP contribution in [0.5, 0.6) is 0 Å². The maximum atomic E-state index is 5.55. The Morgan fingerprint density at radius 1 is 0.714 bits per heavy atom.